The maximum Gasteiger partial charge on any atom is 0.416 e. The van der Waals surface area contributed by atoms with Gasteiger partial charge in [0.25, 0.3) is 5.91 Å². The predicted molar refractivity (Wildman–Crippen MR) is 123 cm³/mol. The summed E-state index contributed by atoms with van der Waals surface area (Å²) >= 11 is 5.63. The third-order valence-electron chi connectivity index (χ3n) is 7.19. The Morgan fingerprint density at radius 1 is 1.08 bits per heavy atom. The lowest BCUT2D eigenvalue weighted by atomic mass is 9.55. The summed E-state index contributed by atoms with van der Waals surface area (Å²) in [5.74, 6) is -1.28. The molecule has 0 spiro atoms. The number of hydrogen-bond donors (Lipinski definition) is 3. The number of alkyl halides is 3. The number of aliphatic hydroxyl groups is 1. The summed E-state index contributed by atoms with van der Waals surface area (Å²) in [7, 11) is 0. The highest BCUT2D eigenvalue weighted by Gasteiger charge is 2.57. The van der Waals surface area contributed by atoms with Crippen LogP contribution in [0.15, 0.2) is 42.5 Å². The molecule has 0 saturated heterocycles. The van der Waals surface area contributed by atoms with Crippen molar-refractivity contribution in [3.05, 3.63) is 64.4 Å². The number of fused-ring (bicyclic) bond motifs is 3. The van der Waals surface area contributed by atoms with E-state index in [1.807, 2.05) is 0 Å². The molecule has 0 aromatic heterocycles. The highest BCUT2D eigenvalue weighted by molar-refractivity contribution is 6.30. The smallest absolute Gasteiger partial charge is 0.416 e. The van der Waals surface area contributed by atoms with Gasteiger partial charge in [-0.25, -0.2) is 4.39 Å². The Kier molecular flexibility index (Phi) is 7.21. The van der Waals surface area contributed by atoms with Gasteiger partial charge in [0, 0.05) is 12.6 Å². The molecule has 2 aromatic carbocycles. The molecular formula is C25H25ClF4N2O4. The molecule has 0 aliphatic heterocycles. The van der Waals surface area contributed by atoms with Gasteiger partial charge in [-0.15, -0.1) is 0 Å². The van der Waals surface area contributed by atoms with Crippen molar-refractivity contribution >= 4 is 23.4 Å². The van der Waals surface area contributed by atoms with E-state index in [1.54, 1.807) is 0 Å². The van der Waals surface area contributed by atoms with Crippen LogP contribution in [0.5, 0.6) is 5.75 Å². The van der Waals surface area contributed by atoms with E-state index in [0.717, 1.165) is 18.2 Å². The van der Waals surface area contributed by atoms with Gasteiger partial charge >= 0.3 is 6.18 Å². The largest absolute Gasteiger partial charge is 0.484 e. The van der Waals surface area contributed by atoms with Gasteiger partial charge in [-0.3, -0.25) is 9.59 Å². The lowest BCUT2D eigenvalue weighted by molar-refractivity contribution is -0.151. The van der Waals surface area contributed by atoms with Crippen LogP contribution in [-0.4, -0.2) is 35.2 Å². The Bertz CT molecular complexity index is 1130. The standard InChI is InChI=1S/C25H25ClF4N2O4/c26-18-6-5-17(11-19(18)27)36-14-21(34)32-24-9-7-23(8-10-24,12-20(24)33)22(35)31-13-15-1-3-16(4-2-15)25(28,29)30/h1-6,11,20,33H,7-10,12-14H2,(H,31,35)(H,32,34)/t20-,23?,24?/m1/s1. The summed E-state index contributed by atoms with van der Waals surface area (Å²) in [4.78, 5) is 25.5. The zero-order valence-electron chi connectivity index (χ0n) is 19.1. The van der Waals surface area contributed by atoms with E-state index in [1.165, 1.54) is 24.3 Å². The van der Waals surface area contributed by atoms with Crippen LogP contribution >= 0.6 is 11.6 Å². The summed E-state index contributed by atoms with van der Waals surface area (Å²) in [6, 6.07) is 8.39. The first kappa shape index (κ1) is 26.2. The Labute approximate surface area is 210 Å². The average Bonchev–Trinajstić information content (AvgIpc) is 2.84. The van der Waals surface area contributed by atoms with Gasteiger partial charge in [0.2, 0.25) is 5.91 Å². The minimum absolute atomic E-state index is 0.0647. The summed E-state index contributed by atoms with van der Waals surface area (Å²) in [5.41, 5.74) is -1.93. The minimum atomic E-state index is -4.43. The summed E-state index contributed by atoms with van der Waals surface area (Å²) in [6.45, 7) is -0.312. The summed E-state index contributed by atoms with van der Waals surface area (Å²) in [6.07, 6.45) is -3.61. The second-order valence-corrected chi connectivity index (χ2v) is 9.85. The maximum atomic E-state index is 13.5. The van der Waals surface area contributed by atoms with Gasteiger partial charge in [-0.1, -0.05) is 23.7 Å². The van der Waals surface area contributed by atoms with E-state index in [0.29, 0.717) is 31.2 Å². The molecule has 0 unspecified atom stereocenters. The molecule has 5 rings (SSSR count). The number of nitrogens with one attached hydrogen (secondary N) is 2. The molecule has 3 fully saturated rings. The third-order valence-corrected chi connectivity index (χ3v) is 7.49. The van der Waals surface area contributed by atoms with Crippen LogP contribution in [0.25, 0.3) is 0 Å². The molecule has 3 saturated carbocycles. The van der Waals surface area contributed by atoms with Crippen LogP contribution in [0.1, 0.15) is 43.2 Å². The van der Waals surface area contributed by atoms with E-state index >= 15 is 0 Å². The van der Waals surface area contributed by atoms with Gasteiger partial charge in [0.05, 0.1) is 27.6 Å². The number of rotatable bonds is 7. The van der Waals surface area contributed by atoms with E-state index in [2.05, 4.69) is 10.6 Å². The highest BCUT2D eigenvalue weighted by atomic mass is 35.5. The van der Waals surface area contributed by atoms with E-state index in [-0.39, 0.29) is 36.3 Å². The Morgan fingerprint density at radius 3 is 2.33 bits per heavy atom. The molecule has 11 heteroatoms. The van der Waals surface area contributed by atoms with Crippen LogP contribution in [0.2, 0.25) is 5.02 Å². The molecule has 0 radical (unpaired) electrons. The number of amides is 2. The Morgan fingerprint density at radius 2 is 1.75 bits per heavy atom. The number of carbonyl (C=O) groups is 2. The zero-order valence-corrected chi connectivity index (χ0v) is 19.9. The molecular weight excluding hydrogens is 504 g/mol. The fourth-order valence-electron chi connectivity index (χ4n) is 5.02. The van der Waals surface area contributed by atoms with Gasteiger partial charge in [0.1, 0.15) is 11.6 Å². The van der Waals surface area contributed by atoms with Crippen LogP contribution in [0.3, 0.4) is 0 Å². The van der Waals surface area contributed by atoms with Crippen molar-refractivity contribution in [1.29, 1.82) is 0 Å². The Balaban J connectivity index is 1.30. The first-order valence-corrected chi connectivity index (χ1v) is 11.8. The normalized spacial score (nSPS) is 25.3. The molecule has 1 atom stereocenters. The predicted octanol–water partition coefficient (Wildman–Crippen LogP) is 4.37. The fourth-order valence-corrected chi connectivity index (χ4v) is 5.13. The zero-order chi connectivity index (χ0) is 26.1. The number of carbonyl (C=O) groups excluding carboxylic acids is 2. The SMILES string of the molecule is O=C(COc1ccc(Cl)c(F)c1)NC12CCC(C(=O)NCc3ccc(C(F)(F)F)cc3)(CC1)C[C@H]2O. The van der Waals surface area contributed by atoms with Crippen LogP contribution in [0, 0.1) is 11.2 Å². The highest BCUT2D eigenvalue weighted by Crippen LogP contribution is 2.52. The Hall–Kier alpha value is -2.85. The lowest BCUT2D eigenvalue weighted by Crippen LogP contribution is -2.67. The van der Waals surface area contributed by atoms with Crippen molar-refractivity contribution in [2.24, 2.45) is 5.41 Å². The molecule has 3 aliphatic carbocycles. The maximum absolute atomic E-state index is 13.5. The summed E-state index contributed by atoms with van der Waals surface area (Å²) in [5, 5.41) is 16.4. The van der Waals surface area contributed by atoms with E-state index in [9.17, 15) is 32.3 Å². The first-order valence-electron chi connectivity index (χ1n) is 11.4. The molecule has 0 heterocycles. The topological polar surface area (TPSA) is 87.7 Å². The number of ether oxygens (including phenoxy) is 1. The number of hydrogen-bond acceptors (Lipinski definition) is 4. The molecule has 2 amide bonds. The van der Waals surface area contributed by atoms with Crippen molar-refractivity contribution in [3.63, 3.8) is 0 Å². The van der Waals surface area contributed by atoms with Gasteiger partial charge in [0.15, 0.2) is 6.61 Å². The second kappa shape index (κ2) is 9.89. The summed E-state index contributed by atoms with van der Waals surface area (Å²) < 4.78 is 57.0. The van der Waals surface area contributed by atoms with Crippen molar-refractivity contribution < 1.29 is 37.0 Å². The molecule has 3 N–H and O–H groups in total. The molecule has 3 aliphatic rings. The lowest BCUT2D eigenvalue weighted by Gasteiger charge is -2.55. The van der Waals surface area contributed by atoms with Crippen molar-refractivity contribution in [3.8, 4) is 5.75 Å². The fraction of sp³-hybridized carbons (Fsp3) is 0.440. The number of halogens is 5. The van der Waals surface area contributed by atoms with Gasteiger partial charge < -0.3 is 20.5 Å². The van der Waals surface area contributed by atoms with E-state index in [4.69, 9.17) is 16.3 Å². The van der Waals surface area contributed by atoms with Crippen molar-refractivity contribution in [2.75, 3.05) is 6.61 Å². The quantitative estimate of drug-likeness (QED) is 0.466. The van der Waals surface area contributed by atoms with Crippen LogP contribution in [-0.2, 0) is 22.3 Å². The molecule has 2 aromatic rings. The first-order chi connectivity index (χ1) is 16.9. The number of aliphatic hydroxyl groups excluding tert-OH is 1. The van der Waals surface area contributed by atoms with Crippen molar-refractivity contribution in [1.82, 2.24) is 10.6 Å². The second-order valence-electron chi connectivity index (χ2n) is 9.45. The van der Waals surface area contributed by atoms with Gasteiger partial charge in [-0.2, -0.15) is 13.2 Å². The minimum Gasteiger partial charge on any atom is -0.484 e. The van der Waals surface area contributed by atoms with Crippen LogP contribution in [0.4, 0.5) is 17.6 Å². The molecule has 6 nitrogen and oxygen atoms in total. The van der Waals surface area contributed by atoms with Crippen LogP contribution < -0.4 is 15.4 Å². The third kappa shape index (κ3) is 5.44. The number of benzene rings is 2. The van der Waals surface area contributed by atoms with E-state index < -0.39 is 40.5 Å². The molecule has 36 heavy (non-hydrogen) atoms. The molecule has 194 valence electrons. The van der Waals surface area contributed by atoms with Crippen molar-refractivity contribution in [2.45, 2.75) is 56.5 Å². The van der Waals surface area contributed by atoms with Gasteiger partial charge in [-0.05, 0) is 61.9 Å². The monoisotopic (exact) mass is 528 g/mol. The average molecular weight is 529 g/mol. The molecule has 2 bridgehead atoms.